The van der Waals surface area contributed by atoms with E-state index in [4.69, 9.17) is 9.47 Å². The van der Waals surface area contributed by atoms with E-state index in [-0.39, 0.29) is 6.10 Å². The Bertz CT molecular complexity index is 563. The van der Waals surface area contributed by atoms with Crippen molar-refractivity contribution in [2.45, 2.75) is 12.5 Å². The third-order valence-corrected chi connectivity index (χ3v) is 3.71. The van der Waals surface area contributed by atoms with Crippen LogP contribution in [0.15, 0.2) is 46.9 Å². The summed E-state index contributed by atoms with van der Waals surface area (Å²) in [5.41, 5.74) is 2.41. The molecular formula is C15H13BrO2. The first-order valence-electron chi connectivity index (χ1n) is 5.85. The Kier molecular flexibility index (Phi) is 3.00. The van der Waals surface area contributed by atoms with E-state index in [2.05, 4.69) is 28.1 Å². The van der Waals surface area contributed by atoms with E-state index in [1.165, 1.54) is 11.1 Å². The molecule has 0 spiro atoms. The van der Waals surface area contributed by atoms with Crippen molar-refractivity contribution in [1.29, 1.82) is 0 Å². The molecule has 0 saturated heterocycles. The van der Waals surface area contributed by atoms with E-state index >= 15 is 0 Å². The zero-order valence-corrected chi connectivity index (χ0v) is 11.6. The zero-order valence-electron chi connectivity index (χ0n) is 10.0. The van der Waals surface area contributed by atoms with Crippen molar-refractivity contribution in [3.05, 3.63) is 58.1 Å². The second kappa shape index (κ2) is 4.65. The topological polar surface area (TPSA) is 18.5 Å². The molecule has 2 aromatic carbocycles. The number of halogens is 1. The van der Waals surface area contributed by atoms with Crippen LogP contribution in [0, 0.1) is 0 Å². The molecule has 0 radical (unpaired) electrons. The molecule has 0 bridgehead atoms. The molecule has 0 amide bonds. The monoisotopic (exact) mass is 304 g/mol. The summed E-state index contributed by atoms with van der Waals surface area (Å²) < 4.78 is 12.3. The van der Waals surface area contributed by atoms with Gasteiger partial charge < -0.3 is 9.47 Å². The quantitative estimate of drug-likeness (QED) is 0.830. The molecule has 3 heteroatoms. The lowest BCUT2D eigenvalue weighted by molar-refractivity contribution is 0.238. The molecule has 2 aromatic rings. The van der Waals surface area contributed by atoms with Crippen LogP contribution in [0.1, 0.15) is 17.2 Å². The molecule has 92 valence electrons. The van der Waals surface area contributed by atoms with Gasteiger partial charge in [0.2, 0.25) is 0 Å². The average Bonchev–Trinajstić information content (AvgIpc) is 2.82. The van der Waals surface area contributed by atoms with Crippen LogP contribution < -0.4 is 9.47 Å². The summed E-state index contributed by atoms with van der Waals surface area (Å²) in [7, 11) is 1.68. The third-order valence-electron chi connectivity index (χ3n) is 3.18. The number of hydrogen-bond donors (Lipinski definition) is 0. The van der Waals surface area contributed by atoms with Crippen molar-refractivity contribution < 1.29 is 9.47 Å². The van der Waals surface area contributed by atoms with Gasteiger partial charge in [0.25, 0.3) is 0 Å². The number of benzene rings is 2. The molecule has 0 saturated carbocycles. The Morgan fingerprint density at radius 1 is 1.17 bits per heavy atom. The standard InChI is InChI=1S/C15H13BrO2/c1-17-13-6-7-14-11(8-13)9-15(18-14)10-2-4-12(16)5-3-10/h2-8,15H,9H2,1H3. The summed E-state index contributed by atoms with van der Waals surface area (Å²) >= 11 is 3.44. The molecule has 3 rings (SSSR count). The second-order valence-corrected chi connectivity index (χ2v) is 5.25. The van der Waals surface area contributed by atoms with Crippen molar-refractivity contribution in [1.82, 2.24) is 0 Å². The maximum atomic E-state index is 5.96. The van der Waals surface area contributed by atoms with Gasteiger partial charge in [-0.25, -0.2) is 0 Å². The Morgan fingerprint density at radius 2 is 1.94 bits per heavy atom. The molecule has 1 aliphatic heterocycles. The molecule has 0 N–H and O–H groups in total. The molecule has 18 heavy (non-hydrogen) atoms. The Balaban J connectivity index is 1.86. The fourth-order valence-electron chi connectivity index (χ4n) is 2.22. The largest absolute Gasteiger partial charge is 0.497 e. The zero-order chi connectivity index (χ0) is 12.5. The SMILES string of the molecule is COc1ccc2c(c1)CC(c1ccc(Br)cc1)O2. The molecule has 2 nitrogen and oxygen atoms in total. The van der Waals surface area contributed by atoms with Crippen LogP contribution in [0.4, 0.5) is 0 Å². The summed E-state index contributed by atoms with van der Waals surface area (Å²) in [4.78, 5) is 0. The molecule has 0 fully saturated rings. The van der Waals surface area contributed by atoms with Gasteiger partial charge >= 0.3 is 0 Å². The van der Waals surface area contributed by atoms with Crippen LogP contribution in [-0.4, -0.2) is 7.11 Å². The van der Waals surface area contributed by atoms with Crippen molar-refractivity contribution in [2.75, 3.05) is 7.11 Å². The number of hydrogen-bond acceptors (Lipinski definition) is 2. The Morgan fingerprint density at radius 3 is 2.67 bits per heavy atom. The summed E-state index contributed by atoms with van der Waals surface area (Å²) in [5.74, 6) is 1.84. The predicted molar refractivity (Wildman–Crippen MR) is 74.2 cm³/mol. The van der Waals surface area contributed by atoms with Crippen LogP contribution in [-0.2, 0) is 6.42 Å². The summed E-state index contributed by atoms with van der Waals surface area (Å²) in [5, 5.41) is 0. The Labute approximate surface area is 115 Å². The normalized spacial score (nSPS) is 17.1. The molecule has 1 aliphatic rings. The van der Waals surface area contributed by atoms with Crippen LogP contribution in [0.5, 0.6) is 11.5 Å². The highest BCUT2D eigenvalue weighted by atomic mass is 79.9. The molecular weight excluding hydrogens is 292 g/mol. The number of fused-ring (bicyclic) bond motifs is 1. The second-order valence-electron chi connectivity index (χ2n) is 4.34. The number of ether oxygens (including phenoxy) is 2. The maximum Gasteiger partial charge on any atom is 0.128 e. The van der Waals surface area contributed by atoms with Crippen molar-refractivity contribution >= 4 is 15.9 Å². The Hall–Kier alpha value is -1.48. The highest BCUT2D eigenvalue weighted by molar-refractivity contribution is 9.10. The first-order chi connectivity index (χ1) is 8.76. The van der Waals surface area contributed by atoms with Gasteiger partial charge in [-0.2, -0.15) is 0 Å². The highest BCUT2D eigenvalue weighted by Gasteiger charge is 2.24. The van der Waals surface area contributed by atoms with Crippen molar-refractivity contribution in [3.63, 3.8) is 0 Å². The summed E-state index contributed by atoms with van der Waals surface area (Å²) in [6.45, 7) is 0. The third kappa shape index (κ3) is 2.10. The van der Waals surface area contributed by atoms with Crippen LogP contribution in [0.3, 0.4) is 0 Å². The number of methoxy groups -OCH3 is 1. The summed E-state index contributed by atoms with van der Waals surface area (Å²) in [6.07, 6.45) is 1.01. The van der Waals surface area contributed by atoms with Crippen LogP contribution >= 0.6 is 15.9 Å². The molecule has 1 heterocycles. The van der Waals surface area contributed by atoms with E-state index in [1.807, 2.05) is 30.3 Å². The average molecular weight is 305 g/mol. The molecule has 0 aromatic heterocycles. The van der Waals surface area contributed by atoms with E-state index in [9.17, 15) is 0 Å². The van der Waals surface area contributed by atoms with Gasteiger partial charge in [0, 0.05) is 16.5 Å². The fourth-order valence-corrected chi connectivity index (χ4v) is 2.48. The smallest absolute Gasteiger partial charge is 0.128 e. The fraction of sp³-hybridized carbons (Fsp3) is 0.200. The van der Waals surface area contributed by atoms with Gasteiger partial charge in [0.05, 0.1) is 7.11 Å². The lowest BCUT2D eigenvalue weighted by atomic mass is 10.0. The van der Waals surface area contributed by atoms with Gasteiger partial charge in [-0.3, -0.25) is 0 Å². The first kappa shape index (κ1) is 11.6. The lowest BCUT2D eigenvalue weighted by Gasteiger charge is -2.10. The van der Waals surface area contributed by atoms with Crippen molar-refractivity contribution in [2.24, 2.45) is 0 Å². The van der Waals surface area contributed by atoms with E-state index in [0.717, 1.165) is 22.4 Å². The minimum absolute atomic E-state index is 0.111. The molecule has 1 unspecified atom stereocenters. The van der Waals surface area contributed by atoms with E-state index in [1.54, 1.807) is 7.11 Å². The minimum Gasteiger partial charge on any atom is -0.497 e. The molecule has 1 atom stereocenters. The lowest BCUT2D eigenvalue weighted by Crippen LogP contribution is -2.02. The van der Waals surface area contributed by atoms with Gasteiger partial charge in [-0.1, -0.05) is 28.1 Å². The van der Waals surface area contributed by atoms with E-state index < -0.39 is 0 Å². The maximum absolute atomic E-state index is 5.96. The van der Waals surface area contributed by atoms with Gasteiger partial charge in [-0.15, -0.1) is 0 Å². The first-order valence-corrected chi connectivity index (χ1v) is 6.64. The minimum atomic E-state index is 0.111. The van der Waals surface area contributed by atoms with Crippen LogP contribution in [0.2, 0.25) is 0 Å². The van der Waals surface area contributed by atoms with Crippen molar-refractivity contribution in [3.8, 4) is 11.5 Å². The highest BCUT2D eigenvalue weighted by Crippen LogP contribution is 2.38. The summed E-state index contributed by atoms with van der Waals surface area (Å²) in [6, 6.07) is 14.2. The van der Waals surface area contributed by atoms with Gasteiger partial charge in [-0.05, 0) is 35.9 Å². The predicted octanol–water partition coefficient (Wildman–Crippen LogP) is 4.13. The van der Waals surface area contributed by atoms with Gasteiger partial charge in [0.15, 0.2) is 0 Å². The molecule has 0 aliphatic carbocycles. The van der Waals surface area contributed by atoms with Gasteiger partial charge in [0.1, 0.15) is 17.6 Å². The van der Waals surface area contributed by atoms with Crippen LogP contribution in [0.25, 0.3) is 0 Å². The number of rotatable bonds is 2. The van der Waals surface area contributed by atoms with E-state index in [0.29, 0.717) is 0 Å².